The van der Waals surface area contributed by atoms with Gasteiger partial charge in [-0.2, -0.15) is 11.3 Å². The van der Waals surface area contributed by atoms with Crippen LogP contribution >= 0.6 is 11.3 Å². The number of aryl methyl sites for hydroxylation is 1. The van der Waals surface area contributed by atoms with E-state index in [1.807, 2.05) is 21.7 Å². The molecule has 2 aromatic heterocycles. The topological polar surface area (TPSA) is 59.2 Å². The zero-order valence-corrected chi connectivity index (χ0v) is 13.8. The Kier molecular flexibility index (Phi) is 4.57. The van der Waals surface area contributed by atoms with Crippen molar-refractivity contribution in [3.8, 4) is 11.5 Å². The molecule has 1 aliphatic rings. The molecule has 0 radical (unpaired) electrons. The van der Waals surface area contributed by atoms with E-state index >= 15 is 0 Å². The average Bonchev–Trinajstić information content (AvgIpc) is 3.14. The van der Waals surface area contributed by atoms with Crippen molar-refractivity contribution in [1.82, 2.24) is 15.1 Å². The maximum atomic E-state index is 12.3. The van der Waals surface area contributed by atoms with Crippen LogP contribution in [-0.2, 0) is 11.2 Å². The zero-order valence-electron chi connectivity index (χ0n) is 13.0. The predicted molar refractivity (Wildman–Crippen MR) is 85.5 cm³/mol. The van der Waals surface area contributed by atoms with Crippen molar-refractivity contribution in [2.24, 2.45) is 11.8 Å². The van der Waals surface area contributed by atoms with Crippen molar-refractivity contribution >= 4 is 17.2 Å². The van der Waals surface area contributed by atoms with Gasteiger partial charge in [0.2, 0.25) is 17.7 Å². The molecule has 0 saturated carbocycles. The van der Waals surface area contributed by atoms with E-state index in [2.05, 4.69) is 24.0 Å². The fourth-order valence-corrected chi connectivity index (χ4v) is 3.73. The first-order valence-corrected chi connectivity index (χ1v) is 8.69. The summed E-state index contributed by atoms with van der Waals surface area (Å²) in [7, 11) is 0. The number of carbonyl (C=O) groups excluding carboxylic acids is 1. The molecule has 2 unspecified atom stereocenters. The Morgan fingerprint density at radius 3 is 2.82 bits per heavy atom. The Bertz CT molecular complexity index is 613. The third-order valence-electron chi connectivity index (χ3n) is 4.01. The van der Waals surface area contributed by atoms with E-state index in [-0.39, 0.29) is 5.91 Å². The first-order valence-electron chi connectivity index (χ1n) is 7.74. The molecule has 0 spiro atoms. The minimum Gasteiger partial charge on any atom is -0.421 e. The molecular formula is C16H21N3O2S. The molecule has 22 heavy (non-hydrogen) atoms. The Balaban J connectivity index is 1.55. The van der Waals surface area contributed by atoms with Gasteiger partial charge in [0, 0.05) is 36.9 Å². The van der Waals surface area contributed by atoms with E-state index in [0.717, 1.165) is 18.7 Å². The van der Waals surface area contributed by atoms with Gasteiger partial charge in [0.05, 0.1) is 0 Å². The number of amides is 1. The Morgan fingerprint density at radius 2 is 2.14 bits per heavy atom. The fourth-order valence-electron chi connectivity index (χ4n) is 3.10. The number of thiophene rings is 1. The van der Waals surface area contributed by atoms with Gasteiger partial charge in [-0.3, -0.25) is 4.79 Å². The number of nitrogens with zero attached hydrogens (tertiary/aromatic N) is 3. The quantitative estimate of drug-likeness (QED) is 0.868. The predicted octanol–water partition coefficient (Wildman–Crippen LogP) is 3.24. The van der Waals surface area contributed by atoms with Crippen LogP contribution in [0.5, 0.6) is 0 Å². The molecule has 6 heteroatoms. The fraction of sp³-hybridized carbons (Fsp3) is 0.562. The summed E-state index contributed by atoms with van der Waals surface area (Å²) in [5.74, 6) is 2.42. The number of piperidine rings is 1. The summed E-state index contributed by atoms with van der Waals surface area (Å²) in [6, 6.07) is 1.95. The maximum absolute atomic E-state index is 12.3. The summed E-state index contributed by atoms with van der Waals surface area (Å²) in [4.78, 5) is 14.3. The van der Waals surface area contributed by atoms with Gasteiger partial charge >= 0.3 is 0 Å². The molecular weight excluding hydrogens is 298 g/mol. The first-order chi connectivity index (χ1) is 10.6. The minimum absolute atomic E-state index is 0.189. The van der Waals surface area contributed by atoms with Crippen LogP contribution in [0.1, 0.15) is 32.6 Å². The Morgan fingerprint density at radius 1 is 1.36 bits per heavy atom. The standard InChI is InChI=1S/C16H21N3O2S/c1-11-7-12(2)9-19(8-11)15(20)4-3-14-17-18-16(21-14)13-5-6-22-10-13/h5-6,10-12H,3-4,7-9H2,1-2H3. The second-order valence-corrected chi connectivity index (χ2v) is 7.04. The Labute approximate surface area is 134 Å². The molecule has 1 amide bonds. The number of carbonyl (C=O) groups is 1. The lowest BCUT2D eigenvalue weighted by Crippen LogP contribution is -2.42. The minimum atomic E-state index is 0.189. The average molecular weight is 319 g/mol. The number of hydrogen-bond acceptors (Lipinski definition) is 5. The summed E-state index contributed by atoms with van der Waals surface area (Å²) < 4.78 is 5.62. The lowest BCUT2D eigenvalue weighted by atomic mass is 9.91. The van der Waals surface area contributed by atoms with Crippen LogP contribution in [0.15, 0.2) is 21.2 Å². The molecule has 0 bridgehead atoms. The van der Waals surface area contributed by atoms with Crippen LogP contribution < -0.4 is 0 Å². The highest BCUT2D eigenvalue weighted by Crippen LogP contribution is 2.23. The number of hydrogen-bond donors (Lipinski definition) is 0. The van der Waals surface area contributed by atoms with Crippen molar-refractivity contribution in [2.75, 3.05) is 13.1 Å². The van der Waals surface area contributed by atoms with Crippen LogP contribution in [0, 0.1) is 11.8 Å². The van der Waals surface area contributed by atoms with E-state index in [4.69, 9.17) is 4.42 Å². The van der Waals surface area contributed by atoms with Crippen molar-refractivity contribution in [2.45, 2.75) is 33.1 Å². The van der Waals surface area contributed by atoms with E-state index in [0.29, 0.717) is 36.5 Å². The Hall–Kier alpha value is -1.69. The van der Waals surface area contributed by atoms with E-state index in [9.17, 15) is 4.79 Å². The smallest absolute Gasteiger partial charge is 0.248 e. The molecule has 118 valence electrons. The van der Waals surface area contributed by atoms with Gasteiger partial charge in [0.15, 0.2) is 0 Å². The molecule has 5 nitrogen and oxygen atoms in total. The summed E-state index contributed by atoms with van der Waals surface area (Å²) in [6.45, 7) is 6.16. The van der Waals surface area contributed by atoms with Crippen molar-refractivity contribution in [1.29, 1.82) is 0 Å². The van der Waals surface area contributed by atoms with Crippen LogP contribution in [0.3, 0.4) is 0 Å². The van der Waals surface area contributed by atoms with E-state index in [1.165, 1.54) is 6.42 Å². The first kappa shape index (κ1) is 15.2. The van der Waals surface area contributed by atoms with Gasteiger partial charge in [-0.1, -0.05) is 13.8 Å². The van der Waals surface area contributed by atoms with Crippen LogP contribution in [-0.4, -0.2) is 34.1 Å². The van der Waals surface area contributed by atoms with E-state index < -0.39 is 0 Å². The van der Waals surface area contributed by atoms with Crippen molar-refractivity contribution in [3.05, 3.63) is 22.7 Å². The molecule has 0 N–H and O–H groups in total. The van der Waals surface area contributed by atoms with Gasteiger partial charge in [0.25, 0.3) is 0 Å². The molecule has 0 aromatic carbocycles. The number of rotatable bonds is 4. The highest BCUT2D eigenvalue weighted by molar-refractivity contribution is 7.08. The molecule has 2 atom stereocenters. The molecule has 1 saturated heterocycles. The molecule has 0 aliphatic carbocycles. The highest BCUT2D eigenvalue weighted by Gasteiger charge is 2.25. The molecule has 3 rings (SSSR count). The molecule has 1 fully saturated rings. The second-order valence-electron chi connectivity index (χ2n) is 6.26. The lowest BCUT2D eigenvalue weighted by Gasteiger charge is -2.35. The summed E-state index contributed by atoms with van der Waals surface area (Å²) in [6.07, 6.45) is 2.15. The second kappa shape index (κ2) is 6.60. The zero-order chi connectivity index (χ0) is 15.5. The van der Waals surface area contributed by atoms with Crippen molar-refractivity contribution < 1.29 is 9.21 Å². The molecule has 1 aliphatic heterocycles. The van der Waals surface area contributed by atoms with Crippen LogP contribution in [0.2, 0.25) is 0 Å². The molecule has 3 heterocycles. The third kappa shape index (κ3) is 3.55. The van der Waals surface area contributed by atoms with Crippen LogP contribution in [0.4, 0.5) is 0 Å². The van der Waals surface area contributed by atoms with Gasteiger partial charge < -0.3 is 9.32 Å². The largest absolute Gasteiger partial charge is 0.421 e. The van der Waals surface area contributed by atoms with Crippen LogP contribution in [0.25, 0.3) is 11.5 Å². The van der Waals surface area contributed by atoms with Crippen molar-refractivity contribution in [3.63, 3.8) is 0 Å². The van der Waals surface area contributed by atoms with Gasteiger partial charge in [-0.25, -0.2) is 0 Å². The van der Waals surface area contributed by atoms with Gasteiger partial charge in [-0.05, 0) is 29.7 Å². The highest BCUT2D eigenvalue weighted by atomic mass is 32.1. The third-order valence-corrected chi connectivity index (χ3v) is 4.69. The molecule has 2 aromatic rings. The van der Waals surface area contributed by atoms with E-state index in [1.54, 1.807) is 11.3 Å². The number of aromatic nitrogens is 2. The number of likely N-dealkylation sites (tertiary alicyclic amines) is 1. The summed E-state index contributed by atoms with van der Waals surface area (Å²) in [5, 5.41) is 12.0. The lowest BCUT2D eigenvalue weighted by molar-refractivity contribution is -0.133. The summed E-state index contributed by atoms with van der Waals surface area (Å²) in [5.41, 5.74) is 0.939. The maximum Gasteiger partial charge on any atom is 0.248 e. The summed E-state index contributed by atoms with van der Waals surface area (Å²) >= 11 is 1.59. The van der Waals surface area contributed by atoms with Gasteiger partial charge in [-0.15, -0.1) is 10.2 Å². The van der Waals surface area contributed by atoms with Gasteiger partial charge in [0.1, 0.15) is 0 Å². The normalized spacial score (nSPS) is 22.0. The monoisotopic (exact) mass is 319 g/mol. The SMILES string of the molecule is CC1CC(C)CN(C(=O)CCc2nnc(-c3ccsc3)o2)C1.